The van der Waals surface area contributed by atoms with Crippen LogP contribution >= 0.6 is 0 Å². The molecule has 1 amide bonds. The van der Waals surface area contributed by atoms with E-state index in [0.717, 1.165) is 21.1 Å². The third-order valence-corrected chi connectivity index (χ3v) is 5.62. The molecule has 2 rings (SSSR count). The number of benzene rings is 1. The van der Waals surface area contributed by atoms with E-state index in [0.29, 0.717) is 5.82 Å². The molecule has 0 saturated heterocycles. The summed E-state index contributed by atoms with van der Waals surface area (Å²) in [7, 11) is -0.626. The Morgan fingerprint density at radius 3 is 2.42 bits per heavy atom. The molecule has 0 bridgehead atoms. The molecule has 0 fully saturated rings. The molecule has 1 aromatic heterocycles. The summed E-state index contributed by atoms with van der Waals surface area (Å²) in [5, 5.41) is 6.79. The second kappa shape index (κ2) is 6.74. The molecular weight excluding hydrogens is 328 g/mol. The van der Waals surface area contributed by atoms with Crippen molar-refractivity contribution in [1.82, 2.24) is 14.1 Å². The molecule has 0 unspecified atom stereocenters. The number of anilines is 1. The van der Waals surface area contributed by atoms with Gasteiger partial charge in [-0.05, 0) is 44.0 Å². The predicted octanol–water partition coefficient (Wildman–Crippen LogP) is 1.60. The first-order chi connectivity index (χ1) is 11.1. The fourth-order valence-electron chi connectivity index (χ4n) is 2.25. The van der Waals surface area contributed by atoms with Gasteiger partial charge in [0.15, 0.2) is 0 Å². The zero-order chi connectivity index (χ0) is 18.1. The summed E-state index contributed by atoms with van der Waals surface area (Å²) in [5.41, 5.74) is 2.67. The molecule has 24 heavy (non-hydrogen) atoms. The van der Waals surface area contributed by atoms with Crippen LogP contribution in [0.3, 0.4) is 0 Å². The highest BCUT2D eigenvalue weighted by Crippen LogP contribution is 2.18. The Hall–Kier alpha value is -2.19. The molecule has 1 aromatic carbocycles. The maximum Gasteiger partial charge on any atom is 0.243 e. The topological polar surface area (TPSA) is 84.3 Å². The lowest BCUT2D eigenvalue weighted by molar-refractivity contribution is -0.116. The highest BCUT2D eigenvalue weighted by atomic mass is 32.2. The molecule has 0 aliphatic rings. The van der Waals surface area contributed by atoms with E-state index in [2.05, 4.69) is 10.4 Å². The van der Waals surface area contributed by atoms with E-state index in [1.165, 1.54) is 11.7 Å². The normalized spacial score (nSPS) is 11.8. The average Bonchev–Trinajstić information content (AvgIpc) is 2.79. The lowest BCUT2D eigenvalue weighted by Gasteiger charge is -2.17. The van der Waals surface area contributed by atoms with Crippen molar-refractivity contribution in [1.29, 1.82) is 0 Å². The van der Waals surface area contributed by atoms with Gasteiger partial charge in [-0.15, -0.1) is 0 Å². The fourth-order valence-corrected chi connectivity index (χ4v) is 3.46. The van der Waals surface area contributed by atoms with Crippen molar-refractivity contribution in [3.8, 4) is 0 Å². The molecule has 0 atom stereocenters. The second-order valence-electron chi connectivity index (χ2n) is 5.85. The van der Waals surface area contributed by atoms with Crippen molar-refractivity contribution in [3.05, 3.63) is 41.1 Å². The number of aromatic nitrogens is 2. The Labute approximate surface area is 142 Å². The minimum atomic E-state index is -3.72. The number of nitrogens with one attached hydrogen (secondary N) is 1. The zero-order valence-corrected chi connectivity index (χ0v) is 15.3. The molecule has 0 aliphatic heterocycles. The number of carbonyl (C=O) groups is 1. The maximum absolute atomic E-state index is 12.6. The standard InChI is InChI=1S/C16H22N4O3S/c1-11-6-7-14(8-12(11)2)24(22,23)19(4)10-16(21)17-15-9-13(3)18-20(15)5/h6-9H,10H2,1-5H3,(H,17,21). The van der Waals surface area contributed by atoms with Gasteiger partial charge in [-0.3, -0.25) is 9.48 Å². The van der Waals surface area contributed by atoms with Gasteiger partial charge in [-0.2, -0.15) is 9.40 Å². The molecular formula is C16H22N4O3S. The van der Waals surface area contributed by atoms with Gasteiger partial charge in [-0.1, -0.05) is 6.07 Å². The minimum Gasteiger partial charge on any atom is -0.310 e. The highest BCUT2D eigenvalue weighted by molar-refractivity contribution is 7.89. The summed E-state index contributed by atoms with van der Waals surface area (Å²) < 4.78 is 27.7. The number of sulfonamides is 1. The largest absolute Gasteiger partial charge is 0.310 e. The van der Waals surface area contributed by atoms with E-state index in [4.69, 9.17) is 0 Å². The van der Waals surface area contributed by atoms with E-state index in [9.17, 15) is 13.2 Å². The van der Waals surface area contributed by atoms with Gasteiger partial charge in [0, 0.05) is 20.2 Å². The van der Waals surface area contributed by atoms with Crippen LogP contribution in [-0.2, 0) is 21.9 Å². The molecule has 8 heteroatoms. The van der Waals surface area contributed by atoms with Crippen LogP contribution in [0.15, 0.2) is 29.2 Å². The fraction of sp³-hybridized carbons (Fsp3) is 0.375. The highest BCUT2D eigenvalue weighted by Gasteiger charge is 2.23. The molecule has 0 saturated carbocycles. The van der Waals surface area contributed by atoms with Crippen LogP contribution in [0.4, 0.5) is 5.82 Å². The van der Waals surface area contributed by atoms with Crippen molar-refractivity contribution in [2.45, 2.75) is 25.7 Å². The van der Waals surface area contributed by atoms with Crippen LogP contribution < -0.4 is 5.32 Å². The molecule has 7 nitrogen and oxygen atoms in total. The molecule has 2 aromatic rings. The van der Waals surface area contributed by atoms with E-state index in [-0.39, 0.29) is 11.4 Å². The van der Waals surface area contributed by atoms with Crippen LogP contribution in [0.25, 0.3) is 0 Å². The quantitative estimate of drug-likeness (QED) is 0.888. The summed E-state index contributed by atoms with van der Waals surface area (Å²) in [5.74, 6) is 0.0994. The van der Waals surface area contributed by atoms with Gasteiger partial charge < -0.3 is 5.32 Å². The van der Waals surface area contributed by atoms with Gasteiger partial charge in [0.05, 0.1) is 17.1 Å². The Morgan fingerprint density at radius 2 is 1.88 bits per heavy atom. The number of aryl methyl sites for hydroxylation is 4. The Morgan fingerprint density at radius 1 is 1.21 bits per heavy atom. The Bertz CT molecular complexity index is 871. The number of carbonyl (C=O) groups excluding carboxylic acids is 1. The first kappa shape index (κ1) is 18.2. The SMILES string of the molecule is Cc1cc(NC(=O)CN(C)S(=O)(=O)c2ccc(C)c(C)c2)n(C)n1. The molecule has 1 N–H and O–H groups in total. The number of amides is 1. The first-order valence-electron chi connectivity index (χ1n) is 7.45. The number of rotatable bonds is 5. The number of hydrogen-bond acceptors (Lipinski definition) is 4. The lowest BCUT2D eigenvalue weighted by Crippen LogP contribution is -2.35. The van der Waals surface area contributed by atoms with Crippen molar-refractivity contribution < 1.29 is 13.2 Å². The van der Waals surface area contributed by atoms with Crippen LogP contribution in [0.2, 0.25) is 0 Å². The smallest absolute Gasteiger partial charge is 0.243 e. The van der Waals surface area contributed by atoms with Crippen LogP contribution in [0, 0.1) is 20.8 Å². The number of nitrogens with zero attached hydrogens (tertiary/aromatic N) is 3. The van der Waals surface area contributed by atoms with Gasteiger partial charge in [0.1, 0.15) is 5.82 Å². The van der Waals surface area contributed by atoms with E-state index < -0.39 is 15.9 Å². The molecule has 1 heterocycles. The summed E-state index contributed by atoms with van der Waals surface area (Å²) >= 11 is 0. The van der Waals surface area contributed by atoms with Gasteiger partial charge >= 0.3 is 0 Å². The van der Waals surface area contributed by atoms with Crippen molar-refractivity contribution in [2.24, 2.45) is 7.05 Å². The Balaban J connectivity index is 2.12. The second-order valence-corrected chi connectivity index (χ2v) is 7.89. The summed E-state index contributed by atoms with van der Waals surface area (Å²) in [4.78, 5) is 12.3. The molecule has 0 spiro atoms. The van der Waals surface area contributed by atoms with E-state index >= 15 is 0 Å². The monoisotopic (exact) mass is 350 g/mol. The third kappa shape index (κ3) is 3.82. The predicted molar refractivity (Wildman–Crippen MR) is 92.3 cm³/mol. The lowest BCUT2D eigenvalue weighted by atomic mass is 10.1. The van der Waals surface area contributed by atoms with E-state index in [1.54, 1.807) is 31.3 Å². The number of likely N-dealkylation sites (N-methyl/N-ethyl adjacent to an activating group) is 1. The molecule has 0 aliphatic carbocycles. The van der Waals surface area contributed by atoms with Crippen LogP contribution in [0.5, 0.6) is 0 Å². The maximum atomic E-state index is 12.6. The zero-order valence-electron chi connectivity index (χ0n) is 14.5. The minimum absolute atomic E-state index is 0.178. The summed E-state index contributed by atoms with van der Waals surface area (Å²) in [6, 6.07) is 6.64. The summed E-state index contributed by atoms with van der Waals surface area (Å²) in [6.45, 7) is 5.30. The van der Waals surface area contributed by atoms with Crippen LogP contribution in [-0.4, -0.2) is 42.0 Å². The van der Waals surface area contributed by atoms with E-state index in [1.807, 2.05) is 20.8 Å². The van der Waals surface area contributed by atoms with Gasteiger partial charge in [0.2, 0.25) is 15.9 Å². The summed E-state index contributed by atoms with van der Waals surface area (Å²) in [6.07, 6.45) is 0. The number of hydrogen-bond donors (Lipinski definition) is 1. The Kier molecular flexibility index (Phi) is 5.10. The van der Waals surface area contributed by atoms with Crippen molar-refractivity contribution in [2.75, 3.05) is 18.9 Å². The average molecular weight is 350 g/mol. The van der Waals surface area contributed by atoms with Crippen LogP contribution in [0.1, 0.15) is 16.8 Å². The molecule has 0 radical (unpaired) electrons. The molecule has 130 valence electrons. The van der Waals surface area contributed by atoms with Gasteiger partial charge in [0.25, 0.3) is 0 Å². The van der Waals surface area contributed by atoms with Crippen molar-refractivity contribution >= 4 is 21.7 Å². The van der Waals surface area contributed by atoms with Crippen molar-refractivity contribution in [3.63, 3.8) is 0 Å². The first-order valence-corrected chi connectivity index (χ1v) is 8.89. The third-order valence-electron chi connectivity index (χ3n) is 3.82. The van der Waals surface area contributed by atoms with Gasteiger partial charge in [-0.25, -0.2) is 8.42 Å².